The number of carbonyl (C=O) groups is 2. The quantitative estimate of drug-likeness (QED) is 0.337. The lowest BCUT2D eigenvalue weighted by Crippen LogP contribution is -2.54. The van der Waals surface area contributed by atoms with Crippen molar-refractivity contribution in [3.63, 3.8) is 0 Å². The van der Waals surface area contributed by atoms with Gasteiger partial charge < -0.3 is 10.2 Å². The number of carbonyl (C=O) groups excluding carboxylic acids is 2. The van der Waals surface area contributed by atoms with E-state index in [9.17, 15) is 18.0 Å². The van der Waals surface area contributed by atoms with E-state index in [0.717, 1.165) is 15.4 Å². The molecule has 208 valence electrons. The van der Waals surface area contributed by atoms with Gasteiger partial charge in [-0.1, -0.05) is 77.3 Å². The summed E-state index contributed by atoms with van der Waals surface area (Å²) < 4.78 is 27.5. The van der Waals surface area contributed by atoms with Gasteiger partial charge >= 0.3 is 0 Å². The van der Waals surface area contributed by atoms with E-state index in [-0.39, 0.29) is 29.8 Å². The van der Waals surface area contributed by atoms with Crippen LogP contribution in [-0.4, -0.2) is 55.1 Å². The highest BCUT2D eigenvalue weighted by atomic mass is 35.5. The largest absolute Gasteiger partial charge is 0.352 e. The van der Waals surface area contributed by atoms with E-state index in [4.69, 9.17) is 23.2 Å². The van der Waals surface area contributed by atoms with Crippen molar-refractivity contribution >= 4 is 45.0 Å². The smallest absolute Gasteiger partial charge is 0.243 e. The van der Waals surface area contributed by atoms with Gasteiger partial charge in [-0.05, 0) is 50.6 Å². The maximum Gasteiger partial charge on any atom is 0.243 e. The predicted molar refractivity (Wildman–Crippen MR) is 155 cm³/mol. The molecule has 3 aromatic carbocycles. The Bertz CT molecular complexity index is 1380. The summed E-state index contributed by atoms with van der Waals surface area (Å²) in [5.41, 5.74) is 2.22. The zero-order chi connectivity index (χ0) is 28.7. The highest BCUT2D eigenvalue weighted by molar-refractivity contribution is 7.89. The van der Waals surface area contributed by atoms with Gasteiger partial charge in [0.2, 0.25) is 21.8 Å². The van der Waals surface area contributed by atoms with Crippen molar-refractivity contribution in [2.75, 3.05) is 13.6 Å². The maximum absolute atomic E-state index is 13.9. The van der Waals surface area contributed by atoms with E-state index in [1.54, 1.807) is 30.3 Å². The van der Waals surface area contributed by atoms with Gasteiger partial charge in [0.25, 0.3) is 0 Å². The third-order valence-electron chi connectivity index (χ3n) is 6.18. The lowest BCUT2D eigenvalue weighted by Gasteiger charge is -2.33. The third-order valence-corrected chi connectivity index (χ3v) is 8.71. The third kappa shape index (κ3) is 8.05. The molecule has 0 aliphatic carbocycles. The molecule has 3 rings (SSSR count). The SMILES string of the molecule is Cc1ccc(S(=O)(=O)N(C)CC(=O)N(Cc2c(Cl)cccc2Cl)[C@H](Cc2ccccc2)C(=O)NC(C)C)cc1. The van der Waals surface area contributed by atoms with Crippen LogP contribution >= 0.6 is 23.2 Å². The van der Waals surface area contributed by atoms with Gasteiger partial charge in [-0.2, -0.15) is 4.31 Å². The molecule has 2 amide bonds. The number of aryl methyl sites for hydroxylation is 1. The van der Waals surface area contributed by atoms with Crippen LogP contribution in [0.25, 0.3) is 0 Å². The number of halogens is 2. The molecule has 0 unspecified atom stereocenters. The first-order valence-corrected chi connectivity index (χ1v) is 14.7. The second kappa shape index (κ2) is 13.4. The Balaban J connectivity index is 2.02. The van der Waals surface area contributed by atoms with Crippen LogP contribution in [0.15, 0.2) is 77.7 Å². The standard InChI is InChI=1S/C29H33Cl2N3O4S/c1-20(2)32-29(36)27(17-22-9-6-5-7-10-22)34(18-24-25(30)11-8-12-26(24)31)28(35)19-33(4)39(37,38)23-15-13-21(3)14-16-23/h5-16,20,27H,17-19H2,1-4H3,(H,32,36)/t27-/m1/s1. The Morgan fingerprint density at radius 2 is 1.49 bits per heavy atom. The molecule has 0 bridgehead atoms. The lowest BCUT2D eigenvalue weighted by atomic mass is 10.0. The molecule has 0 saturated heterocycles. The topological polar surface area (TPSA) is 86.8 Å². The van der Waals surface area contributed by atoms with Gasteiger partial charge in [-0.3, -0.25) is 9.59 Å². The summed E-state index contributed by atoms with van der Waals surface area (Å²) >= 11 is 12.9. The number of nitrogens with one attached hydrogen (secondary N) is 1. The summed E-state index contributed by atoms with van der Waals surface area (Å²) in [7, 11) is -2.62. The van der Waals surface area contributed by atoms with Crippen LogP contribution in [0.4, 0.5) is 0 Å². The second-order valence-electron chi connectivity index (χ2n) is 9.66. The summed E-state index contributed by atoms with van der Waals surface area (Å²) in [6.07, 6.45) is 0.210. The van der Waals surface area contributed by atoms with Crippen molar-refractivity contribution in [1.82, 2.24) is 14.5 Å². The summed E-state index contributed by atoms with van der Waals surface area (Å²) in [6, 6.07) is 19.6. The van der Waals surface area contributed by atoms with Crippen LogP contribution in [0, 0.1) is 6.92 Å². The Kier molecular flexibility index (Phi) is 10.6. The monoisotopic (exact) mass is 589 g/mol. The van der Waals surface area contributed by atoms with Crippen molar-refractivity contribution in [1.29, 1.82) is 0 Å². The van der Waals surface area contributed by atoms with Crippen molar-refractivity contribution in [2.45, 2.75) is 50.7 Å². The summed E-state index contributed by atoms with van der Waals surface area (Å²) in [6.45, 7) is 4.95. The van der Waals surface area contributed by atoms with E-state index < -0.39 is 28.5 Å². The average Bonchev–Trinajstić information content (AvgIpc) is 2.88. The number of sulfonamides is 1. The molecular weight excluding hydrogens is 557 g/mol. The number of likely N-dealkylation sites (N-methyl/N-ethyl adjacent to an activating group) is 1. The highest BCUT2D eigenvalue weighted by Crippen LogP contribution is 2.27. The number of hydrogen-bond acceptors (Lipinski definition) is 4. The zero-order valence-corrected chi connectivity index (χ0v) is 24.7. The molecule has 39 heavy (non-hydrogen) atoms. The normalized spacial score (nSPS) is 12.4. The molecule has 3 aromatic rings. The molecule has 0 aromatic heterocycles. The molecule has 1 atom stereocenters. The minimum Gasteiger partial charge on any atom is -0.352 e. The number of hydrogen-bond donors (Lipinski definition) is 1. The van der Waals surface area contributed by atoms with E-state index in [1.165, 1.54) is 24.1 Å². The lowest BCUT2D eigenvalue weighted by molar-refractivity contribution is -0.141. The van der Waals surface area contributed by atoms with Crippen LogP contribution in [0.2, 0.25) is 10.0 Å². The number of amides is 2. The molecular formula is C29H33Cl2N3O4S. The van der Waals surface area contributed by atoms with Gasteiger partial charge in [-0.15, -0.1) is 0 Å². The Labute approximate surface area is 240 Å². The van der Waals surface area contributed by atoms with Crippen LogP contribution in [0.3, 0.4) is 0 Å². The van der Waals surface area contributed by atoms with Crippen molar-refractivity contribution in [3.05, 3.63) is 99.5 Å². The molecule has 7 nitrogen and oxygen atoms in total. The van der Waals surface area contributed by atoms with E-state index in [1.807, 2.05) is 51.1 Å². The van der Waals surface area contributed by atoms with Crippen LogP contribution in [0.5, 0.6) is 0 Å². The zero-order valence-electron chi connectivity index (χ0n) is 22.4. The van der Waals surface area contributed by atoms with Crippen LogP contribution in [-0.2, 0) is 32.6 Å². The molecule has 0 aliphatic heterocycles. The fraction of sp³-hybridized carbons (Fsp3) is 0.310. The van der Waals surface area contributed by atoms with E-state index in [0.29, 0.717) is 15.6 Å². The maximum atomic E-state index is 13.9. The minimum atomic E-state index is -3.96. The Morgan fingerprint density at radius 3 is 2.05 bits per heavy atom. The first kappa shape index (κ1) is 30.6. The summed E-state index contributed by atoms with van der Waals surface area (Å²) in [5, 5.41) is 3.57. The average molecular weight is 591 g/mol. The van der Waals surface area contributed by atoms with Crippen LogP contribution in [0.1, 0.15) is 30.5 Å². The minimum absolute atomic E-state index is 0.0717. The van der Waals surface area contributed by atoms with Crippen molar-refractivity contribution < 1.29 is 18.0 Å². The molecule has 0 radical (unpaired) electrons. The van der Waals surface area contributed by atoms with Gasteiger partial charge in [0.05, 0.1) is 11.4 Å². The van der Waals surface area contributed by atoms with Gasteiger partial charge in [0.1, 0.15) is 6.04 Å². The molecule has 1 N–H and O–H groups in total. The van der Waals surface area contributed by atoms with Gasteiger partial charge in [0.15, 0.2) is 0 Å². The summed E-state index contributed by atoms with van der Waals surface area (Å²) in [5.74, 6) is -0.932. The molecule has 0 aliphatic rings. The Morgan fingerprint density at radius 1 is 0.897 bits per heavy atom. The molecule has 0 spiro atoms. The first-order valence-electron chi connectivity index (χ1n) is 12.5. The first-order chi connectivity index (χ1) is 18.4. The fourth-order valence-corrected chi connectivity index (χ4v) is 5.68. The van der Waals surface area contributed by atoms with E-state index >= 15 is 0 Å². The fourth-order valence-electron chi connectivity index (χ4n) is 4.04. The molecule has 0 fully saturated rings. The second-order valence-corrected chi connectivity index (χ2v) is 12.5. The van der Waals surface area contributed by atoms with Crippen molar-refractivity contribution in [2.24, 2.45) is 0 Å². The van der Waals surface area contributed by atoms with Gasteiger partial charge in [-0.25, -0.2) is 8.42 Å². The van der Waals surface area contributed by atoms with Gasteiger partial charge in [0, 0.05) is 41.7 Å². The number of benzene rings is 3. The molecule has 0 saturated carbocycles. The van der Waals surface area contributed by atoms with E-state index in [2.05, 4.69) is 5.32 Å². The number of rotatable bonds is 11. The van der Waals surface area contributed by atoms with Crippen LogP contribution < -0.4 is 5.32 Å². The van der Waals surface area contributed by atoms with Crippen molar-refractivity contribution in [3.8, 4) is 0 Å². The number of nitrogens with zero attached hydrogens (tertiary/aromatic N) is 2. The predicted octanol–water partition coefficient (Wildman–Crippen LogP) is 5.09. The highest BCUT2D eigenvalue weighted by Gasteiger charge is 2.34. The Hall–Kier alpha value is -2.91. The summed E-state index contributed by atoms with van der Waals surface area (Å²) in [4.78, 5) is 28.8. The molecule has 10 heteroatoms. The molecule has 0 heterocycles.